The second-order valence-corrected chi connectivity index (χ2v) is 8.82. The summed E-state index contributed by atoms with van der Waals surface area (Å²) in [6, 6.07) is 8.79. The summed E-state index contributed by atoms with van der Waals surface area (Å²) in [6.45, 7) is 3.33. The first kappa shape index (κ1) is 18.0. The summed E-state index contributed by atoms with van der Waals surface area (Å²) >= 11 is 0.834. The first-order valence-electron chi connectivity index (χ1n) is 6.32. The standard InChI is InChI=1S/C14H14O6S3/c1-9-3-5-11(13(7-9)22(15,16)17)21-12-6-4-10(2)8-14(12)23(18,19)20/h3-8H,1-2H3,(H,15,16,17)(H,18,19,20). The van der Waals surface area contributed by atoms with E-state index < -0.39 is 20.2 Å². The van der Waals surface area contributed by atoms with Crippen molar-refractivity contribution in [3.8, 4) is 0 Å². The molecule has 2 aromatic carbocycles. The van der Waals surface area contributed by atoms with Gasteiger partial charge in [-0.2, -0.15) is 16.8 Å². The van der Waals surface area contributed by atoms with Gasteiger partial charge >= 0.3 is 0 Å². The molecule has 0 saturated heterocycles. The molecule has 124 valence electrons. The van der Waals surface area contributed by atoms with E-state index in [1.807, 2.05) is 0 Å². The van der Waals surface area contributed by atoms with Crippen LogP contribution >= 0.6 is 11.8 Å². The van der Waals surface area contributed by atoms with Crippen molar-refractivity contribution in [2.24, 2.45) is 0 Å². The van der Waals surface area contributed by atoms with Crippen molar-refractivity contribution in [3.63, 3.8) is 0 Å². The highest BCUT2D eigenvalue weighted by molar-refractivity contribution is 8.00. The van der Waals surface area contributed by atoms with E-state index in [1.54, 1.807) is 26.0 Å². The molecule has 0 fully saturated rings. The van der Waals surface area contributed by atoms with Gasteiger partial charge < -0.3 is 0 Å². The van der Waals surface area contributed by atoms with Crippen molar-refractivity contribution in [1.29, 1.82) is 0 Å². The molecule has 0 aliphatic rings. The lowest BCUT2D eigenvalue weighted by molar-refractivity contribution is 0.479. The first-order valence-corrected chi connectivity index (χ1v) is 10.0. The summed E-state index contributed by atoms with van der Waals surface area (Å²) in [5, 5.41) is 0. The van der Waals surface area contributed by atoms with Crippen molar-refractivity contribution in [2.45, 2.75) is 33.4 Å². The minimum atomic E-state index is -4.47. The molecule has 6 nitrogen and oxygen atoms in total. The van der Waals surface area contributed by atoms with Crippen LogP contribution in [0.2, 0.25) is 0 Å². The Bertz CT molecular complexity index is 883. The van der Waals surface area contributed by atoms with Gasteiger partial charge in [-0.05, 0) is 49.2 Å². The smallest absolute Gasteiger partial charge is 0.282 e. The molecule has 0 saturated carbocycles. The quantitative estimate of drug-likeness (QED) is 0.792. The number of hydrogen-bond donors (Lipinski definition) is 2. The average Bonchev–Trinajstić information content (AvgIpc) is 2.40. The molecular formula is C14H14O6S3. The molecule has 9 heteroatoms. The van der Waals surface area contributed by atoms with E-state index in [1.165, 1.54) is 24.3 Å². The lowest BCUT2D eigenvalue weighted by atomic mass is 10.2. The maximum Gasteiger partial charge on any atom is 0.295 e. The van der Waals surface area contributed by atoms with E-state index in [2.05, 4.69) is 0 Å². The Labute approximate surface area is 139 Å². The fourth-order valence-electron chi connectivity index (χ4n) is 1.92. The minimum Gasteiger partial charge on any atom is -0.282 e. The highest BCUT2D eigenvalue weighted by atomic mass is 32.2. The van der Waals surface area contributed by atoms with Gasteiger partial charge in [0, 0.05) is 9.79 Å². The normalized spacial score (nSPS) is 12.3. The number of aryl methyl sites for hydroxylation is 2. The molecule has 0 aliphatic heterocycles. The van der Waals surface area contributed by atoms with Crippen LogP contribution in [0.25, 0.3) is 0 Å². The van der Waals surface area contributed by atoms with Crippen LogP contribution < -0.4 is 0 Å². The van der Waals surface area contributed by atoms with Crippen LogP contribution in [0.4, 0.5) is 0 Å². The van der Waals surface area contributed by atoms with Gasteiger partial charge in [0.2, 0.25) is 0 Å². The first-order chi connectivity index (χ1) is 10.5. The van der Waals surface area contributed by atoms with E-state index in [0.29, 0.717) is 11.1 Å². The van der Waals surface area contributed by atoms with E-state index in [9.17, 15) is 25.9 Å². The number of hydrogen-bond acceptors (Lipinski definition) is 5. The summed E-state index contributed by atoms with van der Waals surface area (Å²) in [7, 11) is -8.93. The van der Waals surface area contributed by atoms with Gasteiger partial charge in [0.25, 0.3) is 20.2 Å². The molecule has 2 rings (SSSR count). The van der Waals surface area contributed by atoms with Gasteiger partial charge in [0.1, 0.15) is 9.79 Å². The van der Waals surface area contributed by atoms with Crippen LogP contribution in [0.1, 0.15) is 11.1 Å². The van der Waals surface area contributed by atoms with E-state index in [0.717, 1.165) is 11.8 Å². The topological polar surface area (TPSA) is 109 Å². The molecule has 0 aromatic heterocycles. The zero-order valence-corrected chi connectivity index (χ0v) is 14.7. The molecule has 23 heavy (non-hydrogen) atoms. The molecule has 0 amide bonds. The van der Waals surface area contributed by atoms with Crippen molar-refractivity contribution < 1.29 is 25.9 Å². The number of benzene rings is 2. The lowest BCUT2D eigenvalue weighted by Crippen LogP contribution is -2.03. The van der Waals surface area contributed by atoms with Crippen LogP contribution in [0.3, 0.4) is 0 Å². The van der Waals surface area contributed by atoms with Gasteiger partial charge in [-0.1, -0.05) is 23.9 Å². The Kier molecular flexibility index (Phi) is 4.88. The summed E-state index contributed by atoms with van der Waals surface area (Å²) < 4.78 is 64.7. The molecule has 0 heterocycles. The second-order valence-electron chi connectivity index (χ2n) is 4.95. The maximum atomic E-state index is 11.5. The van der Waals surface area contributed by atoms with Crippen LogP contribution in [0.5, 0.6) is 0 Å². The van der Waals surface area contributed by atoms with Crippen molar-refractivity contribution in [2.75, 3.05) is 0 Å². The summed E-state index contributed by atoms with van der Waals surface area (Å²) in [5.74, 6) is 0. The highest BCUT2D eigenvalue weighted by Gasteiger charge is 2.21. The zero-order valence-electron chi connectivity index (χ0n) is 12.2. The van der Waals surface area contributed by atoms with Crippen LogP contribution in [-0.4, -0.2) is 25.9 Å². The van der Waals surface area contributed by atoms with Crippen molar-refractivity contribution in [1.82, 2.24) is 0 Å². The SMILES string of the molecule is Cc1ccc(Sc2ccc(C)cc2S(=O)(=O)O)c(S(=O)(=O)O)c1. The molecular weight excluding hydrogens is 360 g/mol. The molecule has 0 bridgehead atoms. The second kappa shape index (κ2) is 6.25. The fourth-order valence-corrected chi connectivity index (χ4v) is 4.95. The predicted molar refractivity (Wildman–Crippen MR) is 86.1 cm³/mol. The lowest BCUT2D eigenvalue weighted by Gasteiger charge is -2.11. The van der Waals surface area contributed by atoms with E-state index in [-0.39, 0.29) is 19.6 Å². The maximum absolute atomic E-state index is 11.5. The molecule has 2 aromatic rings. The van der Waals surface area contributed by atoms with Crippen molar-refractivity contribution >= 4 is 32.0 Å². The molecule has 0 spiro atoms. The molecule has 0 radical (unpaired) electrons. The Balaban J connectivity index is 2.62. The van der Waals surface area contributed by atoms with Crippen molar-refractivity contribution in [3.05, 3.63) is 47.5 Å². The third-order valence-corrected chi connectivity index (χ3v) is 6.17. The Morgan fingerprint density at radius 1 is 0.739 bits per heavy atom. The van der Waals surface area contributed by atoms with Crippen LogP contribution in [-0.2, 0) is 20.2 Å². The van der Waals surface area contributed by atoms with Gasteiger partial charge in [0.05, 0.1) is 0 Å². The summed E-state index contributed by atoms with van der Waals surface area (Å²) in [5.41, 5.74) is 1.25. The Morgan fingerprint density at radius 2 is 1.09 bits per heavy atom. The van der Waals surface area contributed by atoms with E-state index in [4.69, 9.17) is 0 Å². The minimum absolute atomic E-state index is 0.159. The molecule has 0 unspecified atom stereocenters. The number of rotatable bonds is 4. The van der Waals surface area contributed by atoms with Crippen LogP contribution in [0, 0.1) is 13.8 Å². The summed E-state index contributed by atoms with van der Waals surface area (Å²) in [4.78, 5) is -0.313. The molecule has 0 atom stereocenters. The fraction of sp³-hybridized carbons (Fsp3) is 0.143. The van der Waals surface area contributed by atoms with Gasteiger partial charge in [-0.15, -0.1) is 0 Å². The predicted octanol–water partition coefficient (Wildman–Crippen LogP) is 2.95. The molecule has 0 aliphatic carbocycles. The Morgan fingerprint density at radius 3 is 1.39 bits per heavy atom. The third kappa shape index (κ3) is 4.33. The average molecular weight is 374 g/mol. The van der Waals surface area contributed by atoms with Gasteiger partial charge in [-0.3, -0.25) is 9.11 Å². The van der Waals surface area contributed by atoms with Gasteiger partial charge in [-0.25, -0.2) is 0 Å². The van der Waals surface area contributed by atoms with Crippen LogP contribution in [0.15, 0.2) is 56.0 Å². The Hall–Kier alpha value is -1.39. The van der Waals surface area contributed by atoms with Gasteiger partial charge in [0.15, 0.2) is 0 Å². The molecule has 2 N–H and O–H groups in total. The summed E-state index contributed by atoms with van der Waals surface area (Å²) in [6.07, 6.45) is 0. The largest absolute Gasteiger partial charge is 0.295 e. The van der Waals surface area contributed by atoms with E-state index >= 15 is 0 Å². The highest BCUT2D eigenvalue weighted by Crippen LogP contribution is 2.37. The zero-order chi connectivity index (χ0) is 17.4. The third-order valence-electron chi connectivity index (χ3n) is 2.97. The monoisotopic (exact) mass is 374 g/mol.